The molecule has 0 aromatic carbocycles. The minimum atomic E-state index is -0.460. The van der Waals surface area contributed by atoms with Gasteiger partial charge in [-0.15, -0.1) is 0 Å². The summed E-state index contributed by atoms with van der Waals surface area (Å²) in [6, 6.07) is 0. The van der Waals surface area contributed by atoms with Gasteiger partial charge in [0.05, 0.1) is 0 Å². The summed E-state index contributed by atoms with van der Waals surface area (Å²) in [5, 5.41) is 2.70. The molecule has 0 aromatic rings. The molecular formula is C7H9NO2. The van der Waals surface area contributed by atoms with Crippen LogP contribution in [-0.4, -0.2) is 17.7 Å². The Morgan fingerprint density at radius 1 is 1.50 bits per heavy atom. The molecule has 0 unspecified atom stereocenters. The molecule has 0 spiro atoms. The molecule has 2 bridgehead atoms. The summed E-state index contributed by atoms with van der Waals surface area (Å²) in [5.74, 6) is 0.380. The topological polar surface area (TPSA) is 46.2 Å². The van der Waals surface area contributed by atoms with E-state index in [0.29, 0.717) is 6.29 Å². The highest BCUT2D eigenvalue weighted by Gasteiger charge is 2.57. The largest absolute Gasteiger partial charge is 0.344 e. The molecule has 3 aliphatic rings. The summed E-state index contributed by atoms with van der Waals surface area (Å²) in [7, 11) is 0. The second kappa shape index (κ2) is 1.59. The quantitative estimate of drug-likeness (QED) is 0.427. The summed E-state index contributed by atoms with van der Waals surface area (Å²) in [6.45, 7) is 0. The lowest BCUT2D eigenvalue weighted by molar-refractivity contribution is -0.139. The van der Waals surface area contributed by atoms with Crippen LogP contribution in [0, 0.1) is 5.92 Å². The molecule has 0 radical (unpaired) electrons. The highest BCUT2D eigenvalue weighted by atomic mass is 16.2. The van der Waals surface area contributed by atoms with Crippen molar-refractivity contribution in [3.05, 3.63) is 0 Å². The fraction of sp³-hybridized carbons (Fsp3) is 0.714. The third kappa shape index (κ3) is 0.602. The average molecular weight is 139 g/mol. The van der Waals surface area contributed by atoms with Crippen LogP contribution >= 0.6 is 0 Å². The SMILES string of the molecule is O=CC(=O)NC12CC(C1)C2. The van der Waals surface area contributed by atoms with Crippen LogP contribution in [0.25, 0.3) is 0 Å². The number of nitrogens with one attached hydrogen (secondary N) is 1. The molecule has 1 amide bonds. The zero-order chi connectivity index (χ0) is 7.19. The van der Waals surface area contributed by atoms with Gasteiger partial charge in [0, 0.05) is 5.54 Å². The normalized spacial score (nSPS) is 41.0. The first-order valence-corrected chi connectivity index (χ1v) is 3.51. The first-order valence-electron chi connectivity index (χ1n) is 3.51. The molecule has 10 heavy (non-hydrogen) atoms. The number of hydrogen-bond donors (Lipinski definition) is 1. The lowest BCUT2D eigenvalue weighted by atomic mass is 9.50. The Labute approximate surface area is 58.8 Å². The van der Waals surface area contributed by atoms with Gasteiger partial charge < -0.3 is 5.32 Å². The van der Waals surface area contributed by atoms with Gasteiger partial charge in [0.15, 0.2) is 0 Å². The maximum Gasteiger partial charge on any atom is 0.284 e. The van der Waals surface area contributed by atoms with Gasteiger partial charge in [-0.3, -0.25) is 9.59 Å². The average Bonchev–Trinajstić information content (AvgIpc) is 1.75. The highest BCUT2D eigenvalue weighted by Crippen LogP contribution is 2.56. The van der Waals surface area contributed by atoms with E-state index in [0.717, 1.165) is 25.2 Å². The Morgan fingerprint density at radius 3 is 2.40 bits per heavy atom. The Balaban J connectivity index is 1.90. The van der Waals surface area contributed by atoms with E-state index >= 15 is 0 Å². The summed E-state index contributed by atoms with van der Waals surface area (Å²) in [4.78, 5) is 20.5. The number of amides is 1. The Hall–Kier alpha value is -0.860. The molecule has 3 aliphatic carbocycles. The zero-order valence-corrected chi connectivity index (χ0v) is 5.59. The minimum absolute atomic E-state index is 0.0582. The second-order valence-electron chi connectivity index (χ2n) is 3.37. The highest BCUT2D eigenvalue weighted by molar-refractivity contribution is 6.23. The Kier molecular flexibility index (Phi) is 0.938. The maximum absolute atomic E-state index is 10.6. The van der Waals surface area contributed by atoms with Crippen molar-refractivity contribution < 1.29 is 9.59 Å². The summed E-state index contributed by atoms with van der Waals surface area (Å²) in [6.07, 6.45) is 3.62. The summed E-state index contributed by atoms with van der Waals surface area (Å²) >= 11 is 0. The van der Waals surface area contributed by atoms with Crippen molar-refractivity contribution in [3.8, 4) is 0 Å². The van der Waals surface area contributed by atoms with Gasteiger partial charge in [-0.25, -0.2) is 0 Å². The molecule has 54 valence electrons. The first-order chi connectivity index (χ1) is 4.74. The number of carbonyl (C=O) groups is 2. The van der Waals surface area contributed by atoms with Crippen molar-refractivity contribution in [2.45, 2.75) is 24.8 Å². The third-order valence-electron chi connectivity index (χ3n) is 2.53. The molecule has 0 heterocycles. The smallest absolute Gasteiger partial charge is 0.284 e. The maximum atomic E-state index is 10.6. The van der Waals surface area contributed by atoms with E-state index in [-0.39, 0.29) is 5.54 Å². The van der Waals surface area contributed by atoms with Crippen LogP contribution in [0.2, 0.25) is 0 Å². The van der Waals surface area contributed by atoms with Crippen LogP contribution in [-0.2, 0) is 9.59 Å². The van der Waals surface area contributed by atoms with Crippen molar-refractivity contribution >= 4 is 12.2 Å². The van der Waals surface area contributed by atoms with Gasteiger partial charge in [0.1, 0.15) is 0 Å². The molecule has 0 aromatic heterocycles. The molecule has 0 atom stereocenters. The van der Waals surface area contributed by atoms with Gasteiger partial charge >= 0.3 is 0 Å². The van der Waals surface area contributed by atoms with Crippen LogP contribution < -0.4 is 5.32 Å². The van der Waals surface area contributed by atoms with E-state index in [2.05, 4.69) is 5.32 Å². The predicted octanol–water partition coefficient (Wildman–Crippen LogP) is -0.146. The van der Waals surface area contributed by atoms with Crippen molar-refractivity contribution in [3.63, 3.8) is 0 Å². The fourth-order valence-electron chi connectivity index (χ4n) is 1.92. The predicted molar refractivity (Wildman–Crippen MR) is 34.3 cm³/mol. The van der Waals surface area contributed by atoms with Crippen molar-refractivity contribution in [2.24, 2.45) is 5.92 Å². The van der Waals surface area contributed by atoms with Gasteiger partial charge in [-0.05, 0) is 25.2 Å². The molecule has 0 saturated heterocycles. The van der Waals surface area contributed by atoms with Gasteiger partial charge in [0.25, 0.3) is 5.91 Å². The lowest BCUT2D eigenvalue weighted by Gasteiger charge is -2.61. The number of aldehydes is 1. The van der Waals surface area contributed by atoms with Crippen molar-refractivity contribution in [1.82, 2.24) is 5.32 Å². The number of carbonyl (C=O) groups excluding carboxylic acids is 2. The number of rotatable bonds is 2. The van der Waals surface area contributed by atoms with Gasteiger partial charge in [-0.1, -0.05) is 0 Å². The second-order valence-corrected chi connectivity index (χ2v) is 3.37. The standard InChI is InChI=1S/C7H9NO2/c9-4-6(10)8-7-1-5(2-7)3-7/h4-5H,1-3H2,(H,8,10). The molecule has 3 saturated carbocycles. The van der Waals surface area contributed by atoms with Crippen LogP contribution in [0.4, 0.5) is 0 Å². The van der Waals surface area contributed by atoms with E-state index in [9.17, 15) is 9.59 Å². The lowest BCUT2D eigenvalue weighted by Crippen LogP contribution is -2.68. The van der Waals surface area contributed by atoms with E-state index in [4.69, 9.17) is 0 Å². The molecular weight excluding hydrogens is 130 g/mol. The van der Waals surface area contributed by atoms with Crippen LogP contribution in [0.15, 0.2) is 0 Å². The first kappa shape index (κ1) is 5.89. The fourth-order valence-corrected chi connectivity index (χ4v) is 1.92. The molecule has 3 heteroatoms. The third-order valence-corrected chi connectivity index (χ3v) is 2.53. The monoisotopic (exact) mass is 139 g/mol. The van der Waals surface area contributed by atoms with E-state index in [1.807, 2.05) is 0 Å². The Bertz CT molecular complexity index is 183. The summed E-state index contributed by atoms with van der Waals surface area (Å²) < 4.78 is 0. The van der Waals surface area contributed by atoms with E-state index < -0.39 is 5.91 Å². The molecule has 3 nitrogen and oxygen atoms in total. The summed E-state index contributed by atoms with van der Waals surface area (Å²) in [5.41, 5.74) is 0.0582. The van der Waals surface area contributed by atoms with Crippen LogP contribution in [0.1, 0.15) is 19.3 Å². The van der Waals surface area contributed by atoms with Gasteiger partial charge in [-0.2, -0.15) is 0 Å². The number of hydrogen-bond acceptors (Lipinski definition) is 2. The van der Waals surface area contributed by atoms with Crippen LogP contribution in [0.3, 0.4) is 0 Å². The van der Waals surface area contributed by atoms with E-state index in [1.54, 1.807) is 0 Å². The van der Waals surface area contributed by atoms with Crippen LogP contribution in [0.5, 0.6) is 0 Å². The van der Waals surface area contributed by atoms with Gasteiger partial charge in [0.2, 0.25) is 6.29 Å². The molecule has 3 rings (SSSR count). The Morgan fingerprint density at radius 2 is 2.10 bits per heavy atom. The van der Waals surface area contributed by atoms with Crippen molar-refractivity contribution in [1.29, 1.82) is 0 Å². The molecule has 1 N–H and O–H groups in total. The van der Waals surface area contributed by atoms with E-state index in [1.165, 1.54) is 0 Å². The van der Waals surface area contributed by atoms with Crippen molar-refractivity contribution in [2.75, 3.05) is 0 Å². The molecule has 0 aliphatic heterocycles. The minimum Gasteiger partial charge on any atom is -0.344 e. The zero-order valence-electron chi connectivity index (χ0n) is 5.59. The molecule has 3 fully saturated rings.